The highest BCUT2D eigenvalue weighted by Gasteiger charge is 2.32. The molecule has 1 unspecified atom stereocenters. The fourth-order valence-corrected chi connectivity index (χ4v) is 4.15. The molecule has 4 heteroatoms. The van der Waals surface area contributed by atoms with E-state index in [1.54, 1.807) is 8.97 Å². The number of rotatable bonds is 2. The molecule has 0 amide bonds. The highest BCUT2D eigenvalue weighted by Crippen LogP contribution is 2.40. The van der Waals surface area contributed by atoms with Crippen molar-refractivity contribution in [3.05, 3.63) is 76.2 Å². The molecule has 1 aliphatic rings. The summed E-state index contributed by atoms with van der Waals surface area (Å²) in [6.45, 7) is 2.14. The van der Waals surface area contributed by atoms with E-state index in [2.05, 4.69) is 13.0 Å². The van der Waals surface area contributed by atoms with Gasteiger partial charge in [-0.15, -0.1) is 0 Å². The molecular weight excluding hydrogens is 312 g/mol. The molecule has 0 aliphatic carbocycles. The number of nitrogens with zero attached hydrogens (tertiary/aromatic N) is 2. The van der Waals surface area contributed by atoms with Crippen molar-refractivity contribution >= 4 is 16.4 Å². The second-order valence-corrected chi connectivity index (χ2v) is 6.61. The van der Waals surface area contributed by atoms with E-state index in [0.29, 0.717) is 0 Å². The Morgan fingerprint density at radius 2 is 1.80 bits per heavy atom. The van der Waals surface area contributed by atoms with Crippen LogP contribution in [-0.4, -0.2) is 14.1 Å². The highest BCUT2D eigenvalue weighted by molar-refractivity contribution is 5.90. The lowest BCUT2D eigenvalue weighted by Crippen LogP contribution is -2.29. The minimum atomic E-state index is -0.931. The number of benzene rings is 2. The maximum atomic E-state index is 13.3. The second kappa shape index (κ2) is 5.07. The zero-order valence-corrected chi connectivity index (χ0v) is 13.9. The van der Waals surface area contributed by atoms with Crippen molar-refractivity contribution in [2.24, 2.45) is 0 Å². The molecule has 0 spiro atoms. The second-order valence-electron chi connectivity index (χ2n) is 6.61. The molecule has 0 saturated carbocycles. The van der Waals surface area contributed by atoms with E-state index in [1.807, 2.05) is 48.5 Å². The van der Waals surface area contributed by atoms with Gasteiger partial charge in [-0.25, -0.2) is 4.79 Å². The maximum absolute atomic E-state index is 13.3. The van der Waals surface area contributed by atoms with E-state index in [0.717, 1.165) is 51.6 Å². The van der Waals surface area contributed by atoms with Crippen LogP contribution in [0.2, 0.25) is 0 Å². The third-order valence-electron chi connectivity index (χ3n) is 5.18. The average Bonchev–Trinajstić information content (AvgIpc) is 3.16. The van der Waals surface area contributed by atoms with Crippen molar-refractivity contribution in [3.8, 4) is 11.3 Å². The molecule has 2 aromatic heterocycles. The summed E-state index contributed by atoms with van der Waals surface area (Å²) in [5, 5.41) is 11.9. The molecule has 4 nitrogen and oxygen atoms in total. The van der Waals surface area contributed by atoms with Crippen molar-refractivity contribution in [1.82, 2.24) is 8.97 Å². The monoisotopic (exact) mass is 330 g/mol. The zero-order chi connectivity index (χ0) is 17.1. The van der Waals surface area contributed by atoms with Gasteiger partial charge in [-0.05, 0) is 18.6 Å². The van der Waals surface area contributed by atoms with Crippen LogP contribution in [0.1, 0.15) is 30.7 Å². The van der Waals surface area contributed by atoms with Crippen molar-refractivity contribution in [1.29, 1.82) is 0 Å². The first-order chi connectivity index (χ1) is 12.2. The molecule has 124 valence electrons. The molecule has 0 bridgehead atoms. The standard InChI is InChI=1S/C21H18N2O2/c1-2-7-16-18-12-13-8-3-6-11-17(13)22(18)21(25)23-19(16)14-9-4-5-10-15(14)20(23)24/h3-6,8-12,20,24H,2,7H2,1H3. The fourth-order valence-electron chi connectivity index (χ4n) is 4.15. The third kappa shape index (κ3) is 1.77. The predicted octanol–water partition coefficient (Wildman–Crippen LogP) is 3.73. The smallest absolute Gasteiger partial charge is 0.336 e. The molecule has 2 aromatic carbocycles. The quantitative estimate of drug-likeness (QED) is 0.609. The number of aromatic nitrogens is 2. The SMILES string of the molecule is CCCc1c2n(c(=O)n3c1cc1ccccc13)C(O)c1ccccc1-2. The minimum absolute atomic E-state index is 0.185. The van der Waals surface area contributed by atoms with E-state index < -0.39 is 6.23 Å². The van der Waals surface area contributed by atoms with E-state index in [1.165, 1.54) is 0 Å². The predicted molar refractivity (Wildman–Crippen MR) is 99.0 cm³/mol. The first-order valence-electron chi connectivity index (χ1n) is 8.67. The maximum Gasteiger partial charge on any atom is 0.336 e. The lowest BCUT2D eigenvalue weighted by Gasteiger charge is -2.15. The fraction of sp³-hybridized carbons (Fsp3) is 0.190. The zero-order valence-electron chi connectivity index (χ0n) is 13.9. The summed E-state index contributed by atoms with van der Waals surface area (Å²) >= 11 is 0. The van der Waals surface area contributed by atoms with Crippen molar-refractivity contribution < 1.29 is 5.11 Å². The molecule has 0 fully saturated rings. The van der Waals surface area contributed by atoms with Crippen LogP contribution < -0.4 is 5.69 Å². The summed E-state index contributed by atoms with van der Waals surface area (Å²) in [4.78, 5) is 13.3. The van der Waals surface area contributed by atoms with Crippen molar-refractivity contribution in [2.75, 3.05) is 0 Å². The Balaban J connectivity index is 2.03. The molecule has 1 atom stereocenters. The number of hydrogen-bond donors (Lipinski definition) is 1. The van der Waals surface area contributed by atoms with E-state index in [4.69, 9.17) is 0 Å². The van der Waals surface area contributed by atoms with Gasteiger partial charge in [-0.2, -0.15) is 0 Å². The van der Waals surface area contributed by atoms with Gasteiger partial charge in [-0.1, -0.05) is 55.8 Å². The van der Waals surface area contributed by atoms with E-state index in [9.17, 15) is 9.90 Å². The van der Waals surface area contributed by atoms with Crippen LogP contribution in [0.15, 0.2) is 59.4 Å². The van der Waals surface area contributed by atoms with Gasteiger partial charge in [0, 0.05) is 22.1 Å². The Labute approximate surface area is 144 Å². The minimum Gasteiger partial charge on any atom is -0.369 e. The highest BCUT2D eigenvalue weighted by atomic mass is 16.3. The van der Waals surface area contributed by atoms with Crippen molar-refractivity contribution in [3.63, 3.8) is 0 Å². The molecule has 4 aromatic rings. The lowest BCUT2D eigenvalue weighted by atomic mass is 10.0. The topological polar surface area (TPSA) is 46.6 Å². The van der Waals surface area contributed by atoms with Crippen LogP contribution in [0.3, 0.4) is 0 Å². The van der Waals surface area contributed by atoms with Crippen LogP contribution in [0.25, 0.3) is 27.7 Å². The van der Waals surface area contributed by atoms with Gasteiger partial charge in [0.1, 0.15) is 0 Å². The summed E-state index contributed by atoms with van der Waals surface area (Å²) < 4.78 is 3.30. The number of hydrogen-bond acceptors (Lipinski definition) is 2. The van der Waals surface area contributed by atoms with Crippen molar-refractivity contribution in [2.45, 2.75) is 26.0 Å². The number of aliphatic hydroxyl groups is 1. The Kier molecular flexibility index (Phi) is 2.94. The van der Waals surface area contributed by atoms with Crippen LogP contribution in [0.5, 0.6) is 0 Å². The van der Waals surface area contributed by atoms with Crippen LogP contribution >= 0.6 is 0 Å². The number of aliphatic hydroxyl groups excluding tert-OH is 1. The van der Waals surface area contributed by atoms with Crippen LogP contribution in [0.4, 0.5) is 0 Å². The summed E-state index contributed by atoms with van der Waals surface area (Å²) in [5.41, 5.74) is 5.40. The molecule has 5 rings (SSSR count). The van der Waals surface area contributed by atoms with Gasteiger partial charge in [0.15, 0.2) is 6.23 Å². The Bertz CT molecular complexity index is 1200. The number of para-hydroxylation sites is 1. The van der Waals surface area contributed by atoms with E-state index in [-0.39, 0.29) is 5.69 Å². The Morgan fingerprint density at radius 1 is 1.04 bits per heavy atom. The molecule has 0 radical (unpaired) electrons. The van der Waals surface area contributed by atoms with Gasteiger partial charge < -0.3 is 5.11 Å². The van der Waals surface area contributed by atoms with Crippen LogP contribution in [0, 0.1) is 0 Å². The Morgan fingerprint density at radius 3 is 2.64 bits per heavy atom. The molecule has 1 aliphatic heterocycles. The summed E-state index contributed by atoms with van der Waals surface area (Å²) in [5.74, 6) is 0. The molecule has 0 saturated heterocycles. The normalized spacial score (nSPS) is 15.7. The largest absolute Gasteiger partial charge is 0.369 e. The number of fused-ring (bicyclic) bond motifs is 6. The first kappa shape index (κ1) is 14.5. The summed E-state index contributed by atoms with van der Waals surface area (Å²) in [6.07, 6.45) is 0.900. The van der Waals surface area contributed by atoms with Gasteiger partial charge in [0.25, 0.3) is 0 Å². The van der Waals surface area contributed by atoms with Gasteiger partial charge >= 0.3 is 5.69 Å². The molecule has 1 N–H and O–H groups in total. The summed E-state index contributed by atoms with van der Waals surface area (Å²) in [6, 6.07) is 17.8. The van der Waals surface area contributed by atoms with Gasteiger partial charge in [0.05, 0.1) is 16.7 Å². The first-order valence-corrected chi connectivity index (χ1v) is 8.67. The summed E-state index contributed by atoms with van der Waals surface area (Å²) in [7, 11) is 0. The average molecular weight is 330 g/mol. The molecule has 3 heterocycles. The molecular formula is C21H18N2O2. The molecule has 25 heavy (non-hydrogen) atoms. The van der Waals surface area contributed by atoms with Gasteiger partial charge in [-0.3, -0.25) is 8.97 Å². The third-order valence-corrected chi connectivity index (χ3v) is 5.18. The Hall–Kier alpha value is -2.85. The lowest BCUT2D eigenvalue weighted by molar-refractivity contribution is 0.149. The number of aryl methyl sites for hydroxylation is 1. The van der Waals surface area contributed by atoms with Crippen LogP contribution in [-0.2, 0) is 6.42 Å². The van der Waals surface area contributed by atoms with Gasteiger partial charge in [0.2, 0.25) is 0 Å². The van der Waals surface area contributed by atoms with E-state index >= 15 is 0 Å².